The van der Waals surface area contributed by atoms with Crippen molar-refractivity contribution in [2.45, 2.75) is 38.5 Å². The molecule has 1 N–H and O–H groups in total. The average Bonchev–Trinajstić information content (AvgIpc) is 2.92. The van der Waals surface area contributed by atoms with Crippen LogP contribution in [-0.4, -0.2) is 17.0 Å². The smallest absolute Gasteiger partial charge is 0.253 e. The third kappa shape index (κ3) is 2.78. The van der Waals surface area contributed by atoms with Crippen LogP contribution in [0.2, 0.25) is 5.02 Å². The van der Waals surface area contributed by atoms with Crippen molar-refractivity contribution in [2.75, 3.05) is 6.54 Å². The molecule has 1 amide bonds. The highest BCUT2D eigenvalue weighted by Crippen LogP contribution is 2.49. The maximum absolute atomic E-state index is 12.8. The first-order valence-corrected chi connectivity index (χ1v) is 9.87. The summed E-state index contributed by atoms with van der Waals surface area (Å²) < 4.78 is 2.89. The molecule has 0 atom stereocenters. The molecule has 24 heavy (non-hydrogen) atoms. The van der Waals surface area contributed by atoms with Crippen LogP contribution in [0.15, 0.2) is 22.8 Å². The maximum atomic E-state index is 12.8. The predicted molar refractivity (Wildman–Crippen MR) is 102 cm³/mol. The molecule has 2 bridgehead atoms. The van der Waals surface area contributed by atoms with Gasteiger partial charge in [-0.05, 0) is 62.0 Å². The molecule has 1 aromatic carbocycles. The summed E-state index contributed by atoms with van der Waals surface area (Å²) in [5.74, 6) is 0.935. The molecule has 0 spiro atoms. The van der Waals surface area contributed by atoms with E-state index < -0.39 is 0 Å². The van der Waals surface area contributed by atoms with E-state index in [0.717, 1.165) is 27.8 Å². The molecule has 3 aliphatic carbocycles. The molecule has 0 aliphatic heterocycles. The molecular formula is C19H22BrClN2O. The van der Waals surface area contributed by atoms with Gasteiger partial charge >= 0.3 is 0 Å². The van der Waals surface area contributed by atoms with E-state index in [2.05, 4.69) is 21.2 Å². The fraction of sp³-hybridized carbons (Fsp3) is 0.526. The van der Waals surface area contributed by atoms with Crippen LogP contribution in [0.25, 0.3) is 10.9 Å². The number of hydrogen-bond acceptors (Lipinski definition) is 1. The van der Waals surface area contributed by atoms with E-state index in [9.17, 15) is 4.79 Å². The van der Waals surface area contributed by atoms with E-state index in [-0.39, 0.29) is 5.91 Å². The lowest BCUT2D eigenvalue weighted by Gasteiger charge is -2.46. The van der Waals surface area contributed by atoms with Gasteiger partial charge in [-0.15, -0.1) is 0 Å². The number of rotatable bonds is 3. The first-order valence-electron chi connectivity index (χ1n) is 8.70. The molecule has 1 aromatic heterocycles. The summed E-state index contributed by atoms with van der Waals surface area (Å²) >= 11 is 9.88. The lowest BCUT2D eigenvalue weighted by molar-refractivity contribution is 0.0598. The summed E-state index contributed by atoms with van der Waals surface area (Å²) in [5.41, 5.74) is 1.98. The fourth-order valence-corrected chi connectivity index (χ4v) is 5.47. The second-order valence-corrected chi connectivity index (χ2v) is 8.92. The highest BCUT2D eigenvalue weighted by Gasteiger charge is 2.40. The standard InChI is InChI=1S/C19H22BrClN2O/c1-23-10-14(17-15(21)8-13(20)9-16(17)23)18(24)22-11-19-5-2-12(3-6-19)4-7-19/h8-10,12H,2-7,11H2,1H3,(H,22,24). The normalized spacial score (nSPS) is 26.0. The summed E-state index contributed by atoms with van der Waals surface area (Å²) in [5, 5.41) is 4.66. The van der Waals surface area contributed by atoms with Crippen LogP contribution in [0.4, 0.5) is 0 Å². The average molecular weight is 410 g/mol. The van der Waals surface area contributed by atoms with Gasteiger partial charge in [0.25, 0.3) is 5.91 Å². The van der Waals surface area contributed by atoms with Crippen LogP contribution in [-0.2, 0) is 7.05 Å². The van der Waals surface area contributed by atoms with E-state index in [1.807, 2.05) is 29.9 Å². The first-order chi connectivity index (χ1) is 11.5. The SMILES string of the molecule is Cn1cc(C(=O)NCC23CCC(CC2)CC3)c2c(Cl)cc(Br)cc21. The van der Waals surface area contributed by atoms with Gasteiger partial charge in [0.1, 0.15) is 0 Å². The minimum Gasteiger partial charge on any atom is -0.351 e. The van der Waals surface area contributed by atoms with Crippen molar-refractivity contribution in [1.29, 1.82) is 0 Å². The van der Waals surface area contributed by atoms with Crippen LogP contribution in [0.5, 0.6) is 0 Å². The van der Waals surface area contributed by atoms with Crippen molar-refractivity contribution in [2.24, 2.45) is 18.4 Å². The lowest BCUT2D eigenvalue weighted by atomic mass is 9.61. The topological polar surface area (TPSA) is 34.0 Å². The van der Waals surface area contributed by atoms with E-state index in [4.69, 9.17) is 11.6 Å². The number of halogens is 2. The van der Waals surface area contributed by atoms with Gasteiger partial charge in [-0.25, -0.2) is 0 Å². The van der Waals surface area contributed by atoms with Crippen LogP contribution < -0.4 is 5.32 Å². The Labute approximate surface area is 155 Å². The number of nitrogens with zero attached hydrogens (tertiary/aromatic N) is 1. The Morgan fingerprint density at radius 2 is 2.00 bits per heavy atom. The molecule has 1 heterocycles. The molecule has 3 fully saturated rings. The zero-order valence-corrected chi connectivity index (χ0v) is 16.2. The van der Waals surface area contributed by atoms with Crippen LogP contribution in [0, 0.1) is 11.3 Å². The molecular weight excluding hydrogens is 388 g/mol. The van der Waals surface area contributed by atoms with Gasteiger partial charge in [0, 0.05) is 29.6 Å². The highest BCUT2D eigenvalue weighted by atomic mass is 79.9. The molecule has 0 unspecified atom stereocenters. The van der Waals surface area contributed by atoms with Crippen molar-refractivity contribution in [3.8, 4) is 0 Å². The number of hydrogen-bond donors (Lipinski definition) is 1. The predicted octanol–water partition coefficient (Wildman–Crippen LogP) is 5.29. The van der Waals surface area contributed by atoms with Gasteiger partial charge in [-0.1, -0.05) is 27.5 Å². The summed E-state index contributed by atoms with van der Waals surface area (Å²) in [6, 6.07) is 3.85. The first kappa shape index (κ1) is 16.5. The van der Waals surface area contributed by atoms with Crippen molar-refractivity contribution in [3.63, 3.8) is 0 Å². The van der Waals surface area contributed by atoms with Crippen LogP contribution in [0.1, 0.15) is 48.9 Å². The van der Waals surface area contributed by atoms with E-state index in [1.54, 1.807) is 0 Å². The van der Waals surface area contributed by atoms with Gasteiger partial charge in [-0.3, -0.25) is 4.79 Å². The largest absolute Gasteiger partial charge is 0.351 e. The second kappa shape index (κ2) is 6.06. The number of carbonyl (C=O) groups excluding carboxylic acids is 1. The molecule has 0 saturated heterocycles. The van der Waals surface area contributed by atoms with Crippen molar-refractivity contribution < 1.29 is 4.79 Å². The molecule has 3 nitrogen and oxygen atoms in total. The second-order valence-electron chi connectivity index (χ2n) is 7.60. The fourth-order valence-electron chi connectivity index (χ4n) is 4.57. The van der Waals surface area contributed by atoms with Crippen molar-refractivity contribution >= 4 is 44.3 Å². The van der Waals surface area contributed by atoms with Crippen molar-refractivity contribution in [1.82, 2.24) is 9.88 Å². The van der Waals surface area contributed by atoms with Gasteiger partial charge in [0.2, 0.25) is 0 Å². The molecule has 5 rings (SSSR count). The molecule has 0 radical (unpaired) electrons. The number of aryl methyl sites for hydroxylation is 1. The summed E-state index contributed by atoms with van der Waals surface area (Å²) in [7, 11) is 1.95. The minimum atomic E-state index is -0.00751. The van der Waals surface area contributed by atoms with Crippen LogP contribution >= 0.6 is 27.5 Å². The number of nitrogens with one attached hydrogen (secondary N) is 1. The van der Waals surface area contributed by atoms with E-state index in [0.29, 0.717) is 16.0 Å². The number of carbonyl (C=O) groups is 1. The Bertz CT molecular complexity index is 792. The van der Waals surface area contributed by atoms with E-state index >= 15 is 0 Å². The Morgan fingerprint density at radius 1 is 1.33 bits per heavy atom. The summed E-state index contributed by atoms with van der Waals surface area (Å²) in [6.45, 7) is 0.795. The van der Waals surface area contributed by atoms with Gasteiger partial charge in [0.05, 0.1) is 16.1 Å². The summed E-state index contributed by atoms with van der Waals surface area (Å²) in [6.07, 6.45) is 9.69. The highest BCUT2D eigenvalue weighted by molar-refractivity contribution is 9.10. The summed E-state index contributed by atoms with van der Waals surface area (Å²) in [4.78, 5) is 12.8. The van der Waals surface area contributed by atoms with Crippen LogP contribution in [0.3, 0.4) is 0 Å². The Morgan fingerprint density at radius 3 is 2.67 bits per heavy atom. The lowest BCUT2D eigenvalue weighted by Crippen LogP contribution is -2.43. The maximum Gasteiger partial charge on any atom is 0.253 e. The quantitative estimate of drug-likeness (QED) is 0.734. The molecule has 5 heteroatoms. The number of amides is 1. The Balaban J connectivity index is 1.58. The third-order valence-electron chi connectivity index (χ3n) is 6.12. The molecule has 128 valence electrons. The minimum absolute atomic E-state index is 0.00751. The molecule has 3 saturated carbocycles. The number of benzene rings is 1. The third-order valence-corrected chi connectivity index (χ3v) is 6.88. The van der Waals surface area contributed by atoms with Gasteiger partial charge in [-0.2, -0.15) is 0 Å². The Kier molecular flexibility index (Phi) is 4.16. The monoisotopic (exact) mass is 408 g/mol. The zero-order valence-electron chi connectivity index (χ0n) is 13.9. The zero-order chi connectivity index (χ0) is 16.9. The van der Waals surface area contributed by atoms with E-state index in [1.165, 1.54) is 38.5 Å². The number of aromatic nitrogens is 1. The van der Waals surface area contributed by atoms with Gasteiger partial charge in [0.15, 0.2) is 0 Å². The van der Waals surface area contributed by atoms with Gasteiger partial charge < -0.3 is 9.88 Å². The Hall–Kier alpha value is -1.000. The number of fused-ring (bicyclic) bond motifs is 4. The molecule has 3 aliphatic rings. The van der Waals surface area contributed by atoms with Crippen molar-refractivity contribution in [3.05, 3.63) is 33.4 Å². The molecule has 2 aromatic rings.